The molecule has 3 aromatic rings. The number of nitrogens with one attached hydrogen (secondary N) is 2. The van der Waals surface area contributed by atoms with E-state index in [2.05, 4.69) is 27.6 Å². The molecule has 0 aliphatic heterocycles. The van der Waals surface area contributed by atoms with Crippen LogP contribution in [-0.4, -0.2) is 22.3 Å². The fraction of sp³-hybridized carbons (Fsp3) is 0.150. The van der Waals surface area contributed by atoms with Gasteiger partial charge in [0.15, 0.2) is 0 Å². The summed E-state index contributed by atoms with van der Waals surface area (Å²) in [5.41, 5.74) is 7.94. The lowest BCUT2D eigenvalue weighted by molar-refractivity contribution is 0.0950. The molecule has 0 radical (unpaired) electrons. The smallest absolute Gasteiger partial charge is 0.272 e. The monoisotopic (exact) mass is 332 g/mol. The Bertz CT molecular complexity index is 877. The molecule has 0 aliphatic carbocycles. The van der Waals surface area contributed by atoms with Gasteiger partial charge in [-0.2, -0.15) is 10.2 Å². The predicted octanol–water partition coefficient (Wildman–Crippen LogP) is 3.71. The number of aromatic nitrogens is 2. The zero-order valence-electron chi connectivity index (χ0n) is 14.3. The van der Waals surface area contributed by atoms with Gasteiger partial charge in [-0.1, -0.05) is 61.0 Å². The summed E-state index contributed by atoms with van der Waals surface area (Å²) in [7, 11) is 0. The van der Waals surface area contributed by atoms with E-state index in [0.29, 0.717) is 5.69 Å². The van der Waals surface area contributed by atoms with Crippen molar-refractivity contribution in [2.24, 2.45) is 5.10 Å². The summed E-state index contributed by atoms with van der Waals surface area (Å²) >= 11 is 0. The topological polar surface area (TPSA) is 70.1 Å². The third-order valence-corrected chi connectivity index (χ3v) is 3.94. The van der Waals surface area contributed by atoms with Gasteiger partial charge in [0.25, 0.3) is 5.91 Å². The Kier molecular flexibility index (Phi) is 5.04. The van der Waals surface area contributed by atoms with Gasteiger partial charge >= 0.3 is 0 Å². The highest BCUT2D eigenvalue weighted by molar-refractivity contribution is 5.94. The molecule has 0 spiro atoms. The molecule has 2 N–H and O–H groups in total. The van der Waals surface area contributed by atoms with Gasteiger partial charge in [-0.25, -0.2) is 5.43 Å². The minimum Gasteiger partial charge on any atom is -0.272 e. The number of hydrazone groups is 1. The fourth-order valence-corrected chi connectivity index (χ4v) is 2.38. The second kappa shape index (κ2) is 7.57. The highest BCUT2D eigenvalue weighted by Gasteiger charge is 2.10. The van der Waals surface area contributed by atoms with Gasteiger partial charge < -0.3 is 0 Å². The molecule has 0 bridgehead atoms. The molecule has 0 saturated carbocycles. The van der Waals surface area contributed by atoms with Gasteiger partial charge in [-0.3, -0.25) is 9.89 Å². The molecular weight excluding hydrogens is 312 g/mol. The van der Waals surface area contributed by atoms with Crippen molar-refractivity contribution < 1.29 is 4.79 Å². The average Bonchev–Trinajstić information content (AvgIpc) is 3.13. The first-order valence-electron chi connectivity index (χ1n) is 8.20. The summed E-state index contributed by atoms with van der Waals surface area (Å²) in [4.78, 5) is 12.1. The number of aryl methyl sites for hydroxylation is 2. The summed E-state index contributed by atoms with van der Waals surface area (Å²) in [6.45, 7) is 4.14. The molecule has 0 atom stereocenters. The summed E-state index contributed by atoms with van der Waals surface area (Å²) in [5, 5.41) is 10.9. The molecule has 0 unspecified atom stereocenters. The highest BCUT2D eigenvalue weighted by Crippen LogP contribution is 2.18. The largest absolute Gasteiger partial charge is 0.289 e. The summed E-state index contributed by atoms with van der Waals surface area (Å²) < 4.78 is 0. The van der Waals surface area contributed by atoms with Crippen LogP contribution in [0.2, 0.25) is 0 Å². The number of amides is 1. The third kappa shape index (κ3) is 4.20. The molecule has 0 saturated heterocycles. The Labute approximate surface area is 146 Å². The van der Waals surface area contributed by atoms with Crippen molar-refractivity contribution in [1.82, 2.24) is 15.6 Å². The lowest BCUT2D eigenvalue weighted by atomic mass is 10.1. The van der Waals surface area contributed by atoms with Gasteiger partial charge in [0.05, 0.1) is 11.9 Å². The summed E-state index contributed by atoms with van der Waals surface area (Å²) in [6.07, 6.45) is 2.62. The number of nitrogens with zero attached hydrogens (tertiary/aromatic N) is 2. The minimum absolute atomic E-state index is 0.327. The second-order valence-electron chi connectivity index (χ2n) is 5.83. The molecular formula is C20H20N4O. The molecule has 3 rings (SSSR count). The molecule has 0 fully saturated rings. The Morgan fingerprint density at radius 1 is 1.16 bits per heavy atom. The summed E-state index contributed by atoms with van der Waals surface area (Å²) in [5.74, 6) is -0.327. The van der Waals surface area contributed by atoms with E-state index >= 15 is 0 Å². The van der Waals surface area contributed by atoms with Crippen LogP contribution in [0.4, 0.5) is 0 Å². The Hall–Kier alpha value is -3.21. The van der Waals surface area contributed by atoms with Crippen LogP contribution in [0.5, 0.6) is 0 Å². The van der Waals surface area contributed by atoms with E-state index in [0.717, 1.165) is 23.2 Å². The van der Waals surface area contributed by atoms with Gasteiger partial charge in [0, 0.05) is 5.56 Å². The number of carbonyl (C=O) groups excluding carboxylic acids is 1. The maximum Gasteiger partial charge on any atom is 0.289 e. The zero-order valence-corrected chi connectivity index (χ0v) is 14.3. The van der Waals surface area contributed by atoms with Gasteiger partial charge in [-0.15, -0.1) is 0 Å². The third-order valence-electron chi connectivity index (χ3n) is 3.94. The van der Waals surface area contributed by atoms with Crippen LogP contribution in [0.25, 0.3) is 11.3 Å². The molecule has 1 heterocycles. The van der Waals surface area contributed by atoms with E-state index in [-0.39, 0.29) is 5.91 Å². The number of aromatic amines is 1. The van der Waals surface area contributed by atoms with Crippen LogP contribution in [0, 0.1) is 6.92 Å². The fourth-order valence-electron chi connectivity index (χ4n) is 2.38. The number of hydrogen-bond acceptors (Lipinski definition) is 3. The quantitative estimate of drug-likeness (QED) is 0.552. The van der Waals surface area contributed by atoms with Gasteiger partial charge in [0.1, 0.15) is 5.69 Å². The first-order valence-corrected chi connectivity index (χ1v) is 8.20. The SMILES string of the molecule is CCc1ccc(/C=N/NC(=O)c2cc(-c3ccc(C)cc3)n[nH]2)cc1. The van der Waals surface area contributed by atoms with Crippen molar-refractivity contribution in [3.05, 3.63) is 77.0 Å². The van der Waals surface area contributed by atoms with Crippen LogP contribution >= 0.6 is 0 Å². The van der Waals surface area contributed by atoms with E-state index in [9.17, 15) is 4.79 Å². The standard InChI is InChI=1S/C20H20N4O/c1-3-15-6-8-16(9-7-15)13-21-24-20(25)19-12-18(22-23-19)17-10-4-14(2)5-11-17/h4-13H,3H2,1-2H3,(H,22,23)(H,24,25)/b21-13+. The number of benzene rings is 2. The number of hydrogen-bond donors (Lipinski definition) is 2. The van der Waals surface area contributed by atoms with Gasteiger partial charge in [0.2, 0.25) is 0 Å². The molecule has 25 heavy (non-hydrogen) atoms. The zero-order chi connectivity index (χ0) is 17.6. The van der Waals surface area contributed by atoms with Crippen molar-refractivity contribution in [1.29, 1.82) is 0 Å². The lowest BCUT2D eigenvalue weighted by Crippen LogP contribution is -2.17. The number of rotatable bonds is 5. The van der Waals surface area contributed by atoms with Crippen LogP contribution < -0.4 is 5.43 Å². The Morgan fingerprint density at radius 3 is 2.56 bits per heavy atom. The van der Waals surface area contributed by atoms with Crippen LogP contribution in [-0.2, 0) is 6.42 Å². The van der Waals surface area contributed by atoms with Crippen molar-refractivity contribution in [2.45, 2.75) is 20.3 Å². The molecule has 0 aliphatic rings. The van der Waals surface area contributed by atoms with Crippen LogP contribution in [0.1, 0.15) is 34.1 Å². The Morgan fingerprint density at radius 2 is 1.88 bits per heavy atom. The van der Waals surface area contributed by atoms with E-state index in [4.69, 9.17) is 0 Å². The van der Waals surface area contributed by atoms with E-state index in [1.54, 1.807) is 12.3 Å². The van der Waals surface area contributed by atoms with Gasteiger partial charge in [-0.05, 0) is 30.5 Å². The number of H-pyrrole nitrogens is 1. The van der Waals surface area contributed by atoms with Crippen molar-refractivity contribution in [2.75, 3.05) is 0 Å². The first kappa shape index (κ1) is 16.6. The number of carbonyl (C=O) groups is 1. The van der Waals surface area contributed by atoms with E-state index in [1.165, 1.54) is 11.1 Å². The van der Waals surface area contributed by atoms with Crippen LogP contribution in [0.3, 0.4) is 0 Å². The molecule has 5 nitrogen and oxygen atoms in total. The highest BCUT2D eigenvalue weighted by atomic mass is 16.2. The van der Waals surface area contributed by atoms with E-state index in [1.807, 2.05) is 55.5 Å². The minimum atomic E-state index is -0.327. The normalized spacial score (nSPS) is 11.0. The maximum atomic E-state index is 12.1. The summed E-state index contributed by atoms with van der Waals surface area (Å²) in [6, 6.07) is 17.7. The van der Waals surface area contributed by atoms with Crippen molar-refractivity contribution in [3.63, 3.8) is 0 Å². The van der Waals surface area contributed by atoms with Crippen LogP contribution in [0.15, 0.2) is 59.7 Å². The van der Waals surface area contributed by atoms with Crippen molar-refractivity contribution >= 4 is 12.1 Å². The lowest BCUT2D eigenvalue weighted by Gasteiger charge is -1.98. The molecule has 126 valence electrons. The Balaban J connectivity index is 1.63. The molecule has 1 amide bonds. The maximum absolute atomic E-state index is 12.1. The predicted molar refractivity (Wildman–Crippen MR) is 99.6 cm³/mol. The van der Waals surface area contributed by atoms with E-state index < -0.39 is 0 Å². The van der Waals surface area contributed by atoms with Crippen molar-refractivity contribution in [3.8, 4) is 11.3 Å². The first-order chi connectivity index (χ1) is 12.2. The molecule has 5 heteroatoms. The molecule has 1 aromatic heterocycles. The molecule has 2 aromatic carbocycles. The second-order valence-corrected chi connectivity index (χ2v) is 5.83. The average molecular weight is 332 g/mol.